The van der Waals surface area contributed by atoms with Crippen LogP contribution in [-0.2, 0) is 6.42 Å². The molecular weight excluding hydrogens is 178 g/mol. The van der Waals surface area contributed by atoms with Gasteiger partial charge in [0, 0.05) is 0 Å². The summed E-state index contributed by atoms with van der Waals surface area (Å²) in [7, 11) is 0. The molecule has 0 spiro atoms. The monoisotopic (exact) mass is 191 g/mol. The molecule has 1 atom stereocenters. The van der Waals surface area contributed by atoms with Crippen LogP contribution in [0.3, 0.4) is 0 Å². The molecule has 0 aliphatic heterocycles. The van der Waals surface area contributed by atoms with Gasteiger partial charge < -0.3 is 0 Å². The van der Waals surface area contributed by atoms with Crippen LogP contribution in [0, 0.1) is 0 Å². The highest BCUT2D eigenvalue weighted by Gasteiger charge is 1.98. The third-order valence-electron chi connectivity index (χ3n) is 1.97. The minimum absolute atomic E-state index is 0.290. The largest absolute Gasteiger partial charge is 0.229 e. The van der Waals surface area contributed by atoms with Gasteiger partial charge in [-0.15, -0.1) is 0 Å². The second-order valence-corrected chi connectivity index (χ2v) is 3.28. The minimum Gasteiger partial charge on any atom is -0.229 e. The lowest BCUT2D eigenvalue weighted by Crippen LogP contribution is -1.99. The Morgan fingerprint density at radius 2 is 2.08 bits per heavy atom. The summed E-state index contributed by atoms with van der Waals surface area (Å²) in [6.45, 7) is 2.06. The first-order valence-corrected chi connectivity index (χ1v) is 4.84. The number of hydrogen-bond acceptors (Lipinski definition) is 2. The van der Waals surface area contributed by atoms with Crippen molar-refractivity contribution in [2.24, 2.45) is 4.99 Å². The quantitative estimate of drug-likeness (QED) is 0.526. The molecule has 2 heteroatoms. The number of aliphatic imine (C=N–C) groups is 1. The molecule has 0 heterocycles. The first-order chi connectivity index (χ1) is 6.33. The predicted octanol–water partition coefficient (Wildman–Crippen LogP) is 3.11. The van der Waals surface area contributed by atoms with Crippen LogP contribution < -0.4 is 0 Å². The first kappa shape index (κ1) is 10.1. The van der Waals surface area contributed by atoms with E-state index in [-0.39, 0.29) is 6.04 Å². The summed E-state index contributed by atoms with van der Waals surface area (Å²) < 4.78 is 0. The standard InChI is InChI=1S/C11H13NS/c1-10(12-9-13)7-8-11-5-3-2-4-6-11/h2-6,10H,7-8H2,1H3. The van der Waals surface area contributed by atoms with Crippen LogP contribution in [0.15, 0.2) is 35.3 Å². The molecule has 1 aromatic rings. The van der Waals surface area contributed by atoms with Gasteiger partial charge in [0.05, 0.1) is 11.2 Å². The highest BCUT2D eigenvalue weighted by molar-refractivity contribution is 7.78. The Balaban J connectivity index is 2.39. The van der Waals surface area contributed by atoms with Gasteiger partial charge in [0.25, 0.3) is 0 Å². The second-order valence-electron chi connectivity index (χ2n) is 3.09. The fraction of sp³-hybridized carbons (Fsp3) is 0.364. The van der Waals surface area contributed by atoms with Gasteiger partial charge in [0.1, 0.15) is 0 Å². The van der Waals surface area contributed by atoms with Crippen molar-refractivity contribution in [1.82, 2.24) is 0 Å². The van der Waals surface area contributed by atoms with Gasteiger partial charge >= 0.3 is 0 Å². The number of thiocarbonyl (C=S) groups is 1. The molecule has 0 N–H and O–H groups in total. The van der Waals surface area contributed by atoms with E-state index in [4.69, 9.17) is 0 Å². The molecule has 1 unspecified atom stereocenters. The summed E-state index contributed by atoms with van der Waals surface area (Å²) in [6.07, 6.45) is 2.09. The molecule has 0 radical (unpaired) electrons. The molecule has 13 heavy (non-hydrogen) atoms. The lowest BCUT2D eigenvalue weighted by atomic mass is 10.1. The zero-order valence-corrected chi connectivity index (χ0v) is 8.55. The second kappa shape index (κ2) is 5.63. The molecule has 0 aliphatic carbocycles. The average molecular weight is 191 g/mol. The summed E-state index contributed by atoms with van der Waals surface area (Å²) in [5.41, 5.74) is 1.36. The Morgan fingerprint density at radius 3 is 2.69 bits per heavy atom. The molecule has 1 aromatic carbocycles. The molecule has 0 aliphatic rings. The van der Waals surface area contributed by atoms with E-state index < -0.39 is 0 Å². The molecule has 0 aromatic heterocycles. The van der Waals surface area contributed by atoms with Crippen LogP contribution in [-0.4, -0.2) is 11.2 Å². The number of rotatable bonds is 4. The van der Waals surface area contributed by atoms with Crippen LogP contribution >= 0.6 is 12.2 Å². The zero-order valence-electron chi connectivity index (χ0n) is 7.73. The van der Waals surface area contributed by atoms with Crippen molar-refractivity contribution in [2.75, 3.05) is 0 Å². The molecule has 68 valence electrons. The van der Waals surface area contributed by atoms with Gasteiger partial charge in [-0.3, -0.25) is 0 Å². The zero-order chi connectivity index (χ0) is 9.52. The van der Waals surface area contributed by atoms with Crippen LogP contribution in [0.25, 0.3) is 0 Å². The van der Waals surface area contributed by atoms with Crippen molar-refractivity contribution in [2.45, 2.75) is 25.8 Å². The van der Waals surface area contributed by atoms with E-state index in [0.29, 0.717) is 0 Å². The van der Waals surface area contributed by atoms with Crippen molar-refractivity contribution in [3.8, 4) is 0 Å². The third kappa shape index (κ3) is 3.97. The van der Waals surface area contributed by atoms with Crippen LogP contribution in [0.4, 0.5) is 0 Å². The van der Waals surface area contributed by atoms with Gasteiger partial charge in [0.15, 0.2) is 0 Å². The molecule has 1 nitrogen and oxygen atoms in total. The number of hydrogen-bond donors (Lipinski definition) is 0. The molecule has 0 bridgehead atoms. The van der Waals surface area contributed by atoms with E-state index >= 15 is 0 Å². The number of nitrogens with zero attached hydrogens (tertiary/aromatic N) is 1. The maximum absolute atomic E-state index is 4.54. The highest BCUT2D eigenvalue weighted by Crippen LogP contribution is 2.06. The Hall–Kier alpha value is -0.980. The van der Waals surface area contributed by atoms with Crippen molar-refractivity contribution >= 4 is 17.4 Å². The lowest BCUT2D eigenvalue weighted by molar-refractivity contribution is 0.672. The highest BCUT2D eigenvalue weighted by atomic mass is 32.1. The topological polar surface area (TPSA) is 12.4 Å². The maximum atomic E-state index is 4.54. The van der Waals surface area contributed by atoms with Crippen molar-refractivity contribution in [3.05, 3.63) is 35.9 Å². The Labute approximate surface area is 84.5 Å². The Kier molecular flexibility index (Phi) is 4.37. The Bertz CT molecular complexity index is 288. The van der Waals surface area contributed by atoms with Crippen LogP contribution in [0.1, 0.15) is 18.9 Å². The van der Waals surface area contributed by atoms with E-state index in [9.17, 15) is 0 Å². The number of isothiocyanates is 1. The fourth-order valence-corrected chi connectivity index (χ4v) is 1.35. The molecular formula is C11H13NS. The number of benzene rings is 1. The molecule has 0 saturated heterocycles. The fourth-order valence-electron chi connectivity index (χ4n) is 1.17. The van der Waals surface area contributed by atoms with Crippen LogP contribution in [0.5, 0.6) is 0 Å². The smallest absolute Gasteiger partial charge is 0.0587 e. The summed E-state index contributed by atoms with van der Waals surface area (Å²) in [5, 5.41) is 2.41. The predicted molar refractivity (Wildman–Crippen MR) is 59.3 cm³/mol. The molecule has 1 rings (SSSR count). The van der Waals surface area contributed by atoms with Crippen LogP contribution in [0.2, 0.25) is 0 Å². The molecule has 0 amide bonds. The maximum Gasteiger partial charge on any atom is 0.0587 e. The van der Waals surface area contributed by atoms with Gasteiger partial charge in [-0.2, -0.15) is 0 Å². The van der Waals surface area contributed by atoms with Gasteiger partial charge in [-0.1, -0.05) is 30.3 Å². The van der Waals surface area contributed by atoms with Gasteiger partial charge in [-0.25, -0.2) is 4.99 Å². The summed E-state index contributed by atoms with van der Waals surface area (Å²) in [5.74, 6) is 0. The molecule has 0 fully saturated rings. The van der Waals surface area contributed by atoms with Crippen molar-refractivity contribution < 1.29 is 0 Å². The normalized spacial score (nSPS) is 11.8. The van der Waals surface area contributed by atoms with Crippen molar-refractivity contribution in [1.29, 1.82) is 0 Å². The average Bonchev–Trinajstić information content (AvgIpc) is 2.17. The van der Waals surface area contributed by atoms with E-state index in [1.165, 1.54) is 5.56 Å². The summed E-state index contributed by atoms with van der Waals surface area (Å²) in [4.78, 5) is 4.00. The van der Waals surface area contributed by atoms with Gasteiger partial charge in [-0.05, 0) is 37.5 Å². The summed E-state index contributed by atoms with van der Waals surface area (Å²) in [6, 6.07) is 10.7. The molecule has 0 saturated carbocycles. The van der Waals surface area contributed by atoms with E-state index in [1.54, 1.807) is 0 Å². The third-order valence-corrected chi connectivity index (χ3v) is 2.07. The number of aryl methyl sites for hydroxylation is 1. The summed E-state index contributed by atoms with van der Waals surface area (Å²) >= 11 is 4.54. The van der Waals surface area contributed by atoms with E-state index in [2.05, 4.69) is 53.6 Å². The SMILES string of the molecule is CC(CCc1ccccc1)N=C=S. The minimum atomic E-state index is 0.290. The lowest BCUT2D eigenvalue weighted by Gasteiger charge is -2.03. The first-order valence-electron chi connectivity index (χ1n) is 4.44. The van der Waals surface area contributed by atoms with Gasteiger partial charge in [0.2, 0.25) is 0 Å². The van der Waals surface area contributed by atoms with Crippen molar-refractivity contribution in [3.63, 3.8) is 0 Å². The Morgan fingerprint density at radius 1 is 1.38 bits per heavy atom. The van der Waals surface area contributed by atoms with E-state index in [1.807, 2.05) is 6.07 Å². The van der Waals surface area contributed by atoms with E-state index in [0.717, 1.165) is 12.8 Å².